The van der Waals surface area contributed by atoms with E-state index in [1.54, 1.807) is 12.1 Å². The molecule has 1 heterocycles. The second kappa shape index (κ2) is 8.87. The zero-order valence-electron chi connectivity index (χ0n) is 17.8. The van der Waals surface area contributed by atoms with Crippen LogP contribution in [0.15, 0.2) is 138 Å². The lowest BCUT2D eigenvalue weighted by Gasteiger charge is -2.19. The first-order valence-electron chi connectivity index (χ1n) is 10.7. The molecule has 0 fully saturated rings. The van der Waals surface area contributed by atoms with Crippen molar-refractivity contribution in [2.75, 3.05) is 0 Å². The predicted octanol–water partition coefficient (Wildman–Crippen LogP) is 4.56. The first-order chi connectivity index (χ1) is 16.1. The Morgan fingerprint density at radius 3 is 0.848 bits per heavy atom. The van der Waals surface area contributed by atoms with Gasteiger partial charge in [-0.2, -0.15) is 0 Å². The summed E-state index contributed by atoms with van der Waals surface area (Å²) in [5.74, 6) is 0. The highest BCUT2D eigenvalue weighted by Crippen LogP contribution is 2.46. The van der Waals surface area contributed by atoms with Gasteiger partial charge in [0.15, 0.2) is 11.0 Å². The summed E-state index contributed by atoms with van der Waals surface area (Å²) in [6.45, 7) is 0. The van der Waals surface area contributed by atoms with Gasteiger partial charge in [0, 0.05) is 21.2 Å². The second-order valence-corrected chi connectivity index (χ2v) is 13.1. The molecular weight excluding hydrogens is 446 g/mol. The molecule has 0 amide bonds. The first kappa shape index (κ1) is 21.5. The van der Waals surface area contributed by atoms with E-state index in [2.05, 4.69) is 0 Å². The van der Waals surface area contributed by atoms with Crippen LogP contribution in [-0.4, -0.2) is 0 Å². The molecule has 0 unspecified atom stereocenters. The summed E-state index contributed by atoms with van der Waals surface area (Å²) >= 11 is 0. The van der Waals surface area contributed by atoms with Crippen molar-refractivity contribution in [1.82, 2.24) is 0 Å². The highest BCUT2D eigenvalue weighted by molar-refractivity contribution is 7.86. The minimum Gasteiger partial charge on any atom is -0.449 e. The van der Waals surface area contributed by atoms with E-state index in [1.807, 2.05) is 121 Å². The van der Waals surface area contributed by atoms with Crippen LogP contribution in [0, 0.1) is 0 Å². The third kappa shape index (κ3) is 3.74. The van der Waals surface area contributed by atoms with E-state index in [1.165, 1.54) is 0 Å². The van der Waals surface area contributed by atoms with Crippen molar-refractivity contribution < 1.29 is 13.5 Å². The van der Waals surface area contributed by atoms with Gasteiger partial charge >= 0.3 is 0 Å². The van der Waals surface area contributed by atoms with Crippen LogP contribution in [0.2, 0.25) is 0 Å². The van der Waals surface area contributed by atoms with Crippen LogP contribution in [0.3, 0.4) is 0 Å². The first-order valence-corrected chi connectivity index (χ1v) is 14.1. The van der Waals surface area contributed by atoms with Crippen molar-refractivity contribution in [3.63, 3.8) is 0 Å². The lowest BCUT2D eigenvalue weighted by Crippen LogP contribution is -2.26. The Balaban J connectivity index is 1.72. The van der Waals surface area contributed by atoms with Crippen molar-refractivity contribution in [3.05, 3.63) is 133 Å². The molecule has 0 spiro atoms. The fraction of sp³-hybridized carbons (Fsp3) is 0. The van der Waals surface area contributed by atoms with E-state index in [0.717, 1.165) is 0 Å². The van der Waals surface area contributed by atoms with Crippen molar-refractivity contribution in [2.45, 2.75) is 0 Å². The van der Waals surface area contributed by atoms with Gasteiger partial charge in [0.05, 0.1) is 0 Å². The molecule has 4 aromatic carbocycles. The summed E-state index contributed by atoms with van der Waals surface area (Å²) in [6.07, 6.45) is 0. The molecule has 0 aliphatic carbocycles. The molecule has 0 aliphatic rings. The largest absolute Gasteiger partial charge is 0.449 e. The molecule has 33 heavy (non-hydrogen) atoms. The number of hydrogen-bond acceptors (Lipinski definition) is 3. The Hall–Kier alpha value is -3.38. The van der Waals surface area contributed by atoms with Crippen molar-refractivity contribution in [2.24, 2.45) is 0 Å². The molecule has 5 aromatic rings. The molecule has 0 saturated carbocycles. The number of furan rings is 1. The number of hydrogen-bond donors (Lipinski definition) is 0. The third-order valence-corrected chi connectivity index (χ3v) is 11.5. The third-order valence-electron chi connectivity index (χ3n) is 5.68. The van der Waals surface area contributed by atoms with Crippen LogP contribution < -0.4 is 32.2 Å². The monoisotopic (exact) mass is 468 g/mol. The summed E-state index contributed by atoms with van der Waals surface area (Å²) in [4.78, 5) is 0. The highest BCUT2D eigenvalue weighted by Gasteiger charge is 2.37. The van der Waals surface area contributed by atoms with Gasteiger partial charge in [0.2, 0.25) is 14.3 Å². The molecular formula is C28H22O3P2. The van der Waals surface area contributed by atoms with Gasteiger partial charge < -0.3 is 13.5 Å². The number of benzene rings is 4. The van der Waals surface area contributed by atoms with Crippen molar-refractivity contribution in [1.29, 1.82) is 0 Å². The maximum atomic E-state index is 14.6. The summed E-state index contributed by atoms with van der Waals surface area (Å²) in [5.41, 5.74) is 0.643. The zero-order chi connectivity index (χ0) is 22.7. The normalized spacial score (nSPS) is 11.9. The van der Waals surface area contributed by atoms with Crippen LogP contribution in [-0.2, 0) is 9.13 Å². The summed E-state index contributed by atoms with van der Waals surface area (Å²) < 4.78 is 35.6. The van der Waals surface area contributed by atoms with E-state index in [0.29, 0.717) is 32.2 Å². The van der Waals surface area contributed by atoms with Crippen LogP contribution in [0.5, 0.6) is 0 Å². The quantitative estimate of drug-likeness (QED) is 0.344. The second-order valence-electron chi connectivity index (χ2n) is 7.67. The standard InChI is InChI=1S/C28H22O3P2/c29-32(23-13-5-1-6-14-23,24-15-7-2-8-16-24)27-21-22-28(31-27)33(30,25-17-9-3-10-18-25)26-19-11-4-12-20-26/h1-22H. The van der Waals surface area contributed by atoms with Crippen molar-refractivity contribution in [3.8, 4) is 0 Å². The fourth-order valence-electron chi connectivity index (χ4n) is 4.02. The SMILES string of the molecule is O=P(c1ccccc1)(c1ccccc1)c1ccc(P(=O)(c2ccccc2)c2ccccc2)o1. The van der Waals surface area contributed by atoms with Crippen LogP contribution >= 0.6 is 14.3 Å². The topological polar surface area (TPSA) is 47.3 Å². The van der Waals surface area contributed by atoms with E-state index < -0.39 is 14.3 Å². The fourth-order valence-corrected chi connectivity index (χ4v) is 9.09. The average Bonchev–Trinajstić information content (AvgIpc) is 3.41. The van der Waals surface area contributed by atoms with Crippen LogP contribution in [0.1, 0.15) is 0 Å². The Bertz CT molecular complexity index is 1250. The molecule has 3 nitrogen and oxygen atoms in total. The van der Waals surface area contributed by atoms with Crippen LogP contribution in [0.4, 0.5) is 0 Å². The van der Waals surface area contributed by atoms with Gasteiger partial charge in [-0.1, -0.05) is 121 Å². The average molecular weight is 468 g/mol. The highest BCUT2D eigenvalue weighted by atomic mass is 31.2. The van der Waals surface area contributed by atoms with Gasteiger partial charge in [0.1, 0.15) is 0 Å². The molecule has 5 heteroatoms. The molecule has 0 saturated heterocycles. The van der Waals surface area contributed by atoms with Crippen LogP contribution in [0.25, 0.3) is 0 Å². The Morgan fingerprint density at radius 2 is 0.606 bits per heavy atom. The van der Waals surface area contributed by atoms with Gasteiger partial charge in [-0.3, -0.25) is 0 Å². The maximum absolute atomic E-state index is 14.6. The van der Waals surface area contributed by atoms with Gasteiger partial charge in [-0.25, -0.2) is 0 Å². The van der Waals surface area contributed by atoms with Gasteiger partial charge in [0.25, 0.3) is 0 Å². The maximum Gasteiger partial charge on any atom is 0.204 e. The minimum atomic E-state index is -3.30. The lowest BCUT2D eigenvalue weighted by atomic mass is 10.4. The van der Waals surface area contributed by atoms with E-state index in [9.17, 15) is 9.13 Å². The summed E-state index contributed by atoms with van der Waals surface area (Å²) in [6, 6.07) is 40.8. The molecule has 0 radical (unpaired) electrons. The summed E-state index contributed by atoms with van der Waals surface area (Å²) in [7, 11) is -6.59. The molecule has 5 rings (SSSR count). The number of rotatable bonds is 6. The van der Waals surface area contributed by atoms with Gasteiger partial charge in [-0.15, -0.1) is 0 Å². The van der Waals surface area contributed by atoms with E-state index in [-0.39, 0.29) is 0 Å². The summed E-state index contributed by atoms with van der Waals surface area (Å²) in [5, 5.41) is 2.69. The Kier molecular flexibility index (Phi) is 5.77. The zero-order valence-corrected chi connectivity index (χ0v) is 19.6. The molecule has 1 aromatic heterocycles. The van der Waals surface area contributed by atoms with Crippen molar-refractivity contribution >= 4 is 46.5 Å². The molecule has 162 valence electrons. The predicted molar refractivity (Wildman–Crippen MR) is 137 cm³/mol. The molecule has 0 N–H and O–H groups in total. The Morgan fingerprint density at radius 1 is 0.364 bits per heavy atom. The lowest BCUT2D eigenvalue weighted by molar-refractivity contribution is 0.568. The van der Waals surface area contributed by atoms with Gasteiger partial charge in [-0.05, 0) is 12.1 Å². The van der Waals surface area contributed by atoms with E-state index >= 15 is 0 Å². The Labute approximate surface area is 193 Å². The van der Waals surface area contributed by atoms with E-state index in [4.69, 9.17) is 4.42 Å². The molecule has 0 bridgehead atoms. The smallest absolute Gasteiger partial charge is 0.204 e. The minimum absolute atomic E-state index is 0.321. The molecule has 0 aliphatic heterocycles. The molecule has 0 atom stereocenters.